The van der Waals surface area contributed by atoms with Gasteiger partial charge >= 0.3 is 0 Å². The van der Waals surface area contributed by atoms with Gasteiger partial charge < -0.3 is 15.0 Å². The maximum absolute atomic E-state index is 5.63. The number of aromatic nitrogens is 3. The second-order valence-corrected chi connectivity index (χ2v) is 6.04. The molecule has 120 valence electrons. The predicted octanol–water partition coefficient (Wildman–Crippen LogP) is 2.55. The van der Waals surface area contributed by atoms with Gasteiger partial charge in [-0.2, -0.15) is 10.1 Å². The minimum Gasteiger partial charge on any atom is -0.376 e. The van der Waals surface area contributed by atoms with Gasteiger partial charge in [0.25, 0.3) is 5.95 Å². The van der Waals surface area contributed by atoms with Crippen LogP contribution in [0.25, 0.3) is 0 Å². The van der Waals surface area contributed by atoms with Crippen molar-refractivity contribution in [2.75, 3.05) is 29.9 Å². The zero-order valence-electron chi connectivity index (χ0n) is 13.1. The Kier molecular flexibility index (Phi) is 4.06. The number of anilines is 3. The van der Waals surface area contributed by atoms with E-state index in [2.05, 4.69) is 49.7 Å². The number of aryl methyl sites for hydroxylation is 1. The molecule has 1 N–H and O–H groups in total. The molecular weight excluding hydrogens is 290 g/mol. The fourth-order valence-electron chi connectivity index (χ4n) is 3.26. The van der Waals surface area contributed by atoms with E-state index >= 15 is 0 Å². The Hall–Kier alpha value is -2.21. The summed E-state index contributed by atoms with van der Waals surface area (Å²) >= 11 is 0. The molecule has 1 saturated heterocycles. The van der Waals surface area contributed by atoms with Crippen LogP contribution in [0.15, 0.2) is 30.5 Å². The lowest BCUT2D eigenvalue weighted by atomic mass is 10.0. The Morgan fingerprint density at radius 1 is 1.26 bits per heavy atom. The summed E-state index contributed by atoms with van der Waals surface area (Å²) in [6.07, 6.45) is 6.42. The van der Waals surface area contributed by atoms with Gasteiger partial charge in [-0.25, -0.2) is 0 Å². The summed E-state index contributed by atoms with van der Waals surface area (Å²) < 4.78 is 5.63. The van der Waals surface area contributed by atoms with E-state index in [4.69, 9.17) is 4.74 Å². The first kappa shape index (κ1) is 14.4. The summed E-state index contributed by atoms with van der Waals surface area (Å²) in [7, 11) is 0. The van der Waals surface area contributed by atoms with Crippen LogP contribution >= 0.6 is 0 Å². The van der Waals surface area contributed by atoms with Crippen molar-refractivity contribution >= 4 is 17.5 Å². The molecule has 1 fully saturated rings. The summed E-state index contributed by atoms with van der Waals surface area (Å²) in [5.41, 5.74) is 2.54. The van der Waals surface area contributed by atoms with Crippen molar-refractivity contribution in [1.82, 2.24) is 15.2 Å². The van der Waals surface area contributed by atoms with Gasteiger partial charge in [0.2, 0.25) is 0 Å². The lowest BCUT2D eigenvalue weighted by Gasteiger charge is -2.29. The zero-order chi connectivity index (χ0) is 15.5. The molecule has 6 nitrogen and oxygen atoms in total. The second-order valence-electron chi connectivity index (χ2n) is 6.04. The minimum absolute atomic E-state index is 0.282. The van der Waals surface area contributed by atoms with Gasteiger partial charge in [0.15, 0.2) is 5.82 Å². The molecule has 2 aromatic rings. The lowest BCUT2D eigenvalue weighted by molar-refractivity contribution is 0.120. The highest BCUT2D eigenvalue weighted by atomic mass is 16.5. The molecule has 23 heavy (non-hydrogen) atoms. The Morgan fingerprint density at radius 3 is 3.13 bits per heavy atom. The molecule has 0 saturated carbocycles. The van der Waals surface area contributed by atoms with Crippen molar-refractivity contribution in [2.45, 2.75) is 31.8 Å². The number of fused-ring (bicyclic) bond motifs is 1. The zero-order valence-corrected chi connectivity index (χ0v) is 13.1. The normalized spacial score (nSPS) is 20.3. The quantitative estimate of drug-likeness (QED) is 0.936. The topological polar surface area (TPSA) is 63.2 Å². The van der Waals surface area contributed by atoms with Crippen molar-refractivity contribution in [3.8, 4) is 0 Å². The van der Waals surface area contributed by atoms with Crippen LogP contribution < -0.4 is 10.2 Å². The molecule has 0 radical (unpaired) electrons. The highest BCUT2D eigenvalue weighted by Gasteiger charge is 2.21. The number of hydrogen-bond acceptors (Lipinski definition) is 6. The molecule has 1 aromatic heterocycles. The first-order valence-electron chi connectivity index (χ1n) is 8.31. The number of para-hydroxylation sites is 1. The van der Waals surface area contributed by atoms with Gasteiger partial charge in [-0.05, 0) is 37.3 Å². The Labute approximate surface area is 135 Å². The molecule has 0 aliphatic carbocycles. The second kappa shape index (κ2) is 6.50. The Morgan fingerprint density at radius 2 is 2.22 bits per heavy atom. The summed E-state index contributed by atoms with van der Waals surface area (Å²) in [5.74, 6) is 1.42. The van der Waals surface area contributed by atoms with E-state index in [1.165, 1.54) is 11.3 Å². The number of nitrogens with one attached hydrogen (secondary N) is 1. The van der Waals surface area contributed by atoms with Crippen LogP contribution in [-0.2, 0) is 11.2 Å². The number of rotatable bonds is 4. The van der Waals surface area contributed by atoms with Gasteiger partial charge in [-0.15, -0.1) is 5.10 Å². The smallest absolute Gasteiger partial charge is 0.251 e. The number of hydrogen-bond donors (Lipinski definition) is 1. The van der Waals surface area contributed by atoms with Crippen LogP contribution in [0, 0.1) is 0 Å². The van der Waals surface area contributed by atoms with Crippen molar-refractivity contribution in [2.24, 2.45) is 0 Å². The van der Waals surface area contributed by atoms with E-state index in [0.717, 1.165) is 51.2 Å². The van der Waals surface area contributed by atoms with E-state index < -0.39 is 0 Å². The summed E-state index contributed by atoms with van der Waals surface area (Å²) in [4.78, 5) is 6.80. The average Bonchev–Trinajstić information content (AvgIpc) is 3.13. The molecular formula is C17H21N5O. The van der Waals surface area contributed by atoms with Gasteiger partial charge in [0.1, 0.15) is 0 Å². The van der Waals surface area contributed by atoms with Crippen molar-refractivity contribution in [3.63, 3.8) is 0 Å². The molecule has 1 atom stereocenters. The number of nitrogens with zero attached hydrogens (tertiary/aromatic N) is 4. The minimum atomic E-state index is 0.282. The van der Waals surface area contributed by atoms with Crippen LogP contribution in [0.2, 0.25) is 0 Å². The molecule has 0 bridgehead atoms. The molecule has 0 spiro atoms. The third kappa shape index (κ3) is 3.12. The Bertz CT molecular complexity index is 672. The molecule has 3 heterocycles. The van der Waals surface area contributed by atoms with E-state index in [1.54, 1.807) is 6.20 Å². The molecule has 0 amide bonds. The summed E-state index contributed by atoms with van der Waals surface area (Å²) in [6.45, 7) is 2.56. The number of ether oxygens (including phenoxy) is 1. The molecule has 6 heteroatoms. The summed E-state index contributed by atoms with van der Waals surface area (Å²) in [5, 5.41) is 11.7. The molecule has 1 unspecified atom stereocenters. The molecule has 4 rings (SSSR count). The summed E-state index contributed by atoms with van der Waals surface area (Å²) in [6, 6.07) is 8.45. The molecule has 2 aliphatic rings. The van der Waals surface area contributed by atoms with Gasteiger partial charge in [0.05, 0.1) is 12.3 Å². The van der Waals surface area contributed by atoms with Crippen LogP contribution in [0.1, 0.15) is 24.8 Å². The van der Waals surface area contributed by atoms with E-state index in [9.17, 15) is 0 Å². The van der Waals surface area contributed by atoms with Gasteiger partial charge in [-0.1, -0.05) is 18.2 Å². The molecule has 1 aromatic carbocycles. The SMILES string of the molecule is c1ccc2c(c1)CCCN2c1nncc(NCC2CCCO2)n1. The largest absolute Gasteiger partial charge is 0.376 e. The highest BCUT2D eigenvalue weighted by molar-refractivity contribution is 5.63. The first-order valence-corrected chi connectivity index (χ1v) is 8.31. The lowest BCUT2D eigenvalue weighted by Crippen LogP contribution is -2.27. The third-order valence-electron chi connectivity index (χ3n) is 4.43. The first-order chi connectivity index (χ1) is 11.4. The standard InChI is InChI=1S/C17H21N5O/c1-2-8-15-13(5-1)6-3-9-22(15)17-20-16(12-19-21-17)18-11-14-7-4-10-23-14/h1-2,5,8,12,14H,3-4,6-7,9-11H2,(H,18,20,21). The third-order valence-corrected chi connectivity index (χ3v) is 4.43. The van der Waals surface area contributed by atoms with Crippen LogP contribution in [-0.4, -0.2) is 41.0 Å². The molecule has 2 aliphatic heterocycles. The van der Waals surface area contributed by atoms with Gasteiger partial charge in [-0.3, -0.25) is 0 Å². The van der Waals surface area contributed by atoms with Crippen molar-refractivity contribution < 1.29 is 4.74 Å². The van der Waals surface area contributed by atoms with Crippen LogP contribution in [0.3, 0.4) is 0 Å². The maximum Gasteiger partial charge on any atom is 0.251 e. The monoisotopic (exact) mass is 311 g/mol. The van der Waals surface area contributed by atoms with Crippen LogP contribution in [0.4, 0.5) is 17.5 Å². The van der Waals surface area contributed by atoms with Crippen molar-refractivity contribution in [1.29, 1.82) is 0 Å². The van der Waals surface area contributed by atoms with Crippen molar-refractivity contribution in [3.05, 3.63) is 36.0 Å². The average molecular weight is 311 g/mol. The van der Waals surface area contributed by atoms with E-state index in [-0.39, 0.29) is 6.10 Å². The van der Waals surface area contributed by atoms with E-state index in [0.29, 0.717) is 5.95 Å². The fraction of sp³-hybridized carbons (Fsp3) is 0.471. The van der Waals surface area contributed by atoms with Gasteiger partial charge in [0, 0.05) is 25.4 Å². The highest BCUT2D eigenvalue weighted by Crippen LogP contribution is 2.31. The number of benzene rings is 1. The fourth-order valence-corrected chi connectivity index (χ4v) is 3.26. The predicted molar refractivity (Wildman–Crippen MR) is 89.1 cm³/mol. The van der Waals surface area contributed by atoms with E-state index in [1.807, 2.05) is 0 Å². The maximum atomic E-state index is 5.63. The van der Waals surface area contributed by atoms with Crippen LogP contribution in [0.5, 0.6) is 0 Å². The Balaban J connectivity index is 1.52.